The Balaban J connectivity index is 2.35. The second-order valence-corrected chi connectivity index (χ2v) is 6.82. The van der Waals surface area contributed by atoms with Gasteiger partial charge in [0, 0.05) is 18.9 Å². The van der Waals surface area contributed by atoms with Gasteiger partial charge in [-0.05, 0) is 6.92 Å². The molecule has 1 aromatic rings. The Labute approximate surface area is 135 Å². The number of aromatic amines is 1. The molecule has 0 saturated carbocycles. The first kappa shape index (κ1) is 18.3. The van der Waals surface area contributed by atoms with Gasteiger partial charge in [-0.2, -0.15) is 0 Å². The van der Waals surface area contributed by atoms with Crippen molar-refractivity contribution >= 4 is 15.9 Å². The molecule has 1 aromatic heterocycles. The number of sulfonamides is 1. The summed E-state index contributed by atoms with van der Waals surface area (Å²) in [5.41, 5.74) is -1.62. The van der Waals surface area contributed by atoms with Crippen molar-refractivity contribution in [3.8, 4) is 0 Å². The first-order valence-corrected chi connectivity index (χ1v) is 8.77. The molecule has 1 aliphatic rings. The standard InChI is InChI=1S/C12H16FN3O7S/c1-3-22-8-7(13)11(16-5-4-6(17)14-12(16)19)23-9(8)10(18)15-24(2,20)21/h4-5,7-9,11H,3H2,1-2H3,(H,15,18)(H,14,17,19)/t7-,8+,9+,11-/m1/s1. The number of ether oxygens (including phenoxy) is 2. The van der Waals surface area contributed by atoms with Crippen LogP contribution in [0.25, 0.3) is 0 Å². The van der Waals surface area contributed by atoms with Crippen LogP contribution in [0, 0.1) is 0 Å². The van der Waals surface area contributed by atoms with E-state index >= 15 is 0 Å². The summed E-state index contributed by atoms with van der Waals surface area (Å²) in [7, 11) is -3.89. The summed E-state index contributed by atoms with van der Waals surface area (Å²) < 4.78 is 49.8. The third-order valence-corrected chi connectivity index (χ3v) is 3.77. The van der Waals surface area contributed by atoms with Gasteiger partial charge >= 0.3 is 5.69 Å². The molecule has 0 bridgehead atoms. The van der Waals surface area contributed by atoms with E-state index in [9.17, 15) is 27.2 Å². The molecular weight excluding hydrogens is 349 g/mol. The van der Waals surface area contributed by atoms with Gasteiger partial charge in [-0.15, -0.1) is 0 Å². The lowest BCUT2D eigenvalue weighted by Crippen LogP contribution is -2.45. The molecule has 0 radical (unpaired) electrons. The molecule has 2 heterocycles. The van der Waals surface area contributed by atoms with Crippen molar-refractivity contribution in [3.63, 3.8) is 0 Å². The molecular formula is C12H16FN3O7S. The molecule has 2 rings (SSSR count). The van der Waals surface area contributed by atoms with E-state index in [4.69, 9.17) is 9.47 Å². The van der Waals surface area contributed by atoms with Gasteiger partial charge in [0.25, 0.3) is 11.5 Å². The van der Waals surface area contributed by atoms with E-state index in [1.807, 2.05) is 4.98 Å². The first-order chi connectivity index (χ1) is 11.1. The molecule has 134 valence electrons. The van der Waals surface area contributed by atoms with Crippen LogP contribution in [-0.4, -0.2) is 55.1 Å². The van der Waals surface area contributed by atoms with E-state index in [1.54, 1.807) is 11.6 Å². The lowest BCUT2D eigenvalue weighted by molar-refractivity contribution is -0.137. The predicted octanol–water partition coefficient (Wildman–Crippen LogP) is -1.75. The number of nitrogens with one attached hydrogen (secondary N) is 2. The highest BCUT2D eigenvalue weighted by Crippen LogP contribution is 2.33. The number of hydrogen-bond acceptors (Lipinski definition) is 7. The number of rotatable bonds is 5. The number of carbonyl (C=O) groups excluding carboxylic acids is 1. The average Bonchev–Trinajstić information content (AvgIpc) is 2.75. The van der Waals surface area contributed by atoms with Crippen LogP contribution in [0.4, 0.5) is 4.39 Å². The molecule has 1 aliphatic heterocycles. The Hall–Kier alpha value is -2.05. The van der Waals surface area contributed by atoms with Gasteiger partial charge in [-0.1, -0.05) is 0 Å². The first-order valence-electron chi connectivity index (χ1n) is 6.88. The molecule has 24 heavy (non-hydrogen) atoms. The van der Waals surface area contributed by atoms with Crippen LogP contribution in [0.1, 0.15) is 13.2 Å². The number of hydrogen-bond donors (Lipinski definition) is 2. The van der Waals surface area contributed by atoms with Crippen molar-refractivity contribution in [3.05, 3.63) is 33.1 Å². The maximum atomic E-state index is 14.6. The maximum absolute atomic E-state index is 14.6. The predicted molar refractivity (Wildman–Crippen MR) is 78.5 cm³/mol. The Morgan fingerprint density at radius 1 is 1.50 bits per heavy atom. The molecule has 0 aromatic carbocycles. The van der Waals surface area contributed by atoms with E-state index in [0.29, 0.717) is 0 Å². The zero-order valence-electron chi connectivity index (χ0n) is 12.8. The quantitative estimate of drug-likeness (QED) is 0.631. The largest absolute Gasteiger partial charge is 0.372 e. The van der Waals surface area contributed by atoms with Crippen LogP contribution in [-0.2, 0) is 24.3 Å². The minimum absolute atomic E-state index is 0.0321. The highest BCUT2D eigenvalue weighted by atomic mass is 32.2. The van der Waals surface area contributed by atoms with Crippen LogP contribution in [0.2, 0.25) is 0 Å². The molecule has 4 atom stereocenters. The lowest BCUT2D eigenvalue weighted by atomic mass is 10.1. The summed E-state index contributed by atoms with van der Waals surface area (Å²) >= 11 is 0. The second-order valence-electron chi connectivity index (χ2n) is 5.07. The summed E-state index contributed by atoms with van der Waals surface area (Å²) in [5.74, 6) is -1.11. The van der Waals surface area contributed by atoms with Crippen molar-refractivity contribution < 1.29 is 27.1 Å². The zero-order chi connectivity index (χ0) is 18.1. The second kappa shape index (κ2) is 6.83. The van der Waals surface area contributed by atoms with Crippen LogP contribution in [0.5, 0.6) is 0 Å². The van der Waals surface area contributed by atoms with Gasteiger partial charge in [0.1, 0.15) is 6.10 Å². The molecule has 0 spiro atoms. The van der Waals surface area contributed by atoms with E-state index in [-0.39, 0.29) is 6.61 Å². The summed E-state index contributed by atoms with van der Waals surface area (Å²) in [6.07, 6.45) is -4.73. The SMILES string of the molecule is CCO[C@H]1[C@@H](F)[C@H](n2ccc(=O)[nH]c2=O)O[C@@H]1C(=O)NS(C)(=O)=O. The Morgan fingerprint density at radius 3 is 2.71 bits per heavy atom. The number of H-pyrrole nitrogens is 1. The summed E-state index contributed by atoms with van der Waals surface area (Å²) in [6.45, 7) is 1.59. The zero-order valence-corrected chi connectivity index (χ0v) is 13.6. The Kier molecular flexibility index (Phi) is 5.20. The maximum Gasteiger partial charge on any atom is 0.330 e. The monoisotopic (exact) mass is 365 g/mol. The van der Waals surface area contributed by atoms with E-state index in [2.05, 4.69) is 0 Å². The van der Waals surface area contributed by atoms with Crippen molar-refractivity contribution in [2.75, 3.05) is 12.9 Å². The topological polar surface area (TPSA) is 137 Å². The van der Waals surface area contributed by atoms with Gasteiger partial charge < -0.3 is 9.47 Å². The van der Waals surface area contributed by atoms with Gasteiger partial charge in [0.05, 0.1) is 6.26 Å². The molecule has 1 amide bonds. The molecule has 1 fully saturated rings. The lowest BCUT2D eigenvalue weighted by Gasteiger charge is -2.17. The van der Waals surface area contributed by atoms with E-state index in [1.165, 1.54) is 0 Å². The number of alkyl halides is 1. The highest BCUT2D eigenvalue weighted by Gasteiger charge is 2.50. The van der Waals surface area contributed by atoms with Gasteiger partial charge in [-0.3, -0.25) is 23.9 Å². The highest BCUT2D eigenvalue weighted by molar-refractivity contribution is 7.89. The normalized spacial score (nSPS) is 27.1. The smallest absolute Gasteiger partial charge is 0.330 e. The fourth-order valence-electron chi connectivity index (χ4n) is 2.30. The van der Waals surface area contributed by atoms with Crippen molar-refractivity contribution in [2.45, 2.75) is 31.5 Å². The van der Waals surface area contributed by atoms with Crippen molar-refractivity contribution in [1.82, 2.24) is 14.3 Å². The number of halogens is 1. The van der Waals surface area contributed by atoms with Gasteiger partial charge in [0.2, 0.25) is 10.0 Å². The van der Waals surface area contributed by atoms with E-state index in [0.717, 1.165) is 23.1 Å². The summed E-state index contributed by atoms with van der Waals surface area (Å²) in [4.78, 5) is 36.8. The molecule has 0 unspecified atom stereocenters. The van der Waals surface area contributed by atoms with Crippen LogP contribution < -0.4 is 16.0 Å². The fraction of sp³-hybridized carbons (Fsp3) is 0.583. The summed E-state index contributed by atoms with van der Waals surface area (Å²) in [6, 6.07) is 0.983. The minimum atomic E-state index is -3.89. The number of amides is 1. The van der Waals surface area contributed by atoms with Crippen molar-refractivity contribution in [1.29, 1.82) is 0 Å². The number of nitrogens with zero attached hydrogens (tertiary/aromatic N) is 1. The molecule has 10 nitrogen and oxygen atoms in total. The summed E-state index contributed by atoms with van der Waals surface area (Å²) in [5, 5.41) is 0. The van der Waals surface area contributed by atoms with Gasteiger partial charge in [0.15, 0.2) is 18.5 Å². The van der Waals surface area contributed by atoms with Crippen LogP contribution in [0.3, 0.4) is 0 Å². The third kappa shape index (κ3) is 3.88. The third-order valence-electron chi connectivity index (χ3n) is 3.20. The minimum Gasteiger partial charge on any atom is -0.372 e. The number of carbonyl (C=O) groups is 1. The number of aromatic nitrogens is 2. The molecule has 2 N–H and O–H groups in total. The fourth-order valence-corrected chi connectivity index (χ4v) is 2.78. The molecule has 0 aliphatic carbocycles. The van der Waals surface area contributed by atoms with E-state index < -0.39 is 51.8 Å². The van der Waals surface area contributed by atoms with Crippen LogP contribution >= 0.6 is 0 Å². The van der Waals surface area contributed by atoms with Crippen molar-refractivity contribution in [2.24, 2.45) is 0 Å². The molecule has 12 heteroatoms. The van der Waals surface area contributed by atoms with Gasteiger partial charge in [-0.25, -0.2) is 17.6 Å². The molecule has 1 saturated heterocycles. The van der Waals surface area contributed by atoms with Crippen LogP contribution in [0.15, 0.2) is 21.9 Å². The Bertz CT molecular complexity index is 834. The average molecular weight is 365 g/mol. The Morgan fingerprint density at radius 2 is 2.17 bits per heavy atom.